The highest BCUT2D eigenvalue weighted by atomic mass is 79.9. The van der Waals surface area contributed by atoms with E-state index < -0.39 is 0 Å². The summed E-state index contributed by atoms with van der Waals surface area (Å²) in [4.78, 5) is 3.45. The van der Waals surface area contributed by atoms with E-state index in [-0.39, 0.29) is 0 Å². The van der Waals surface area contributed by atoms with Crippen molar-refractivity contribution in [2.75, 3.05) is 6.61 Å². The molecule has 3 rings (SSSR count). The molecule has 1 aliphatic rings. The second-order valence-electron chi connectivity index (χ2n) is 3.55. The van der Waals surface area contributed by atoms with Gasteiger partial charge in [0.2, 0.25) is 0 Å². The number of rotatable bonds is 0. The molecule has 0 unspecified atom stereocenters. The number of aromatic amines is 1. The van der Waals surface area contributed by atoms with Crippen LogP contribution in [0.5, 0.6) is 0 Å². The van der Waals surface area contributed by atoms with Crippen molar-refractivity contribution in [1.82, 2.24) is 4.98 Å². The summed E-state index contributed by atoms with van der Waals surface area (Å²) in [6.45, 7) is 1.56. The number of aromatic nitrogens is 1. The summed E-state index contributed by atoms with van der Waals surface area (Å²) in [5, 5.41) is 1.28. The predicted molar refractivity (Wildman–Crippen MR) is 59.4 cm³/mol. The zero-order valence-electron chi connectivity index (χ0n) is 7.64. The summed E-state index contributed by atoms with van der Waals surface area (Å²) in [5.74, 6) is 0. The smallest absolute Gasteiger partial charge is 0.0741 e. The van der Waals surface area contributed by atoms with Gasteiger partial charge < -0.3 is 9.72 Å². The molecule has 1 aromatic heterocycles. The molecule has 14 heavy (non-hydrogen) atoms. The van der Waals surface area contributed by atoms with Gasteiger partial charge in [-0.1, -0.05) is 22.0 Å². The first-order valence-corrected chi connectivity index (χ1v) is 5.51. The third-order valence-corrected chi connectivity index (χ3v) is 3.37. The summed E-state index contributed by atoms with van der Waals surface area (Å²) in [6, 6.07) is 6.23. The number of benzene rings is 1. The Hall–Kier alpha value is -0.800. The Labute approximate surface area is 90.4 Å². The molecule has 72 valence electrons. The molecule has 2 heterocycles. The molecular formula is C11H10BrNO. The van der Waals surface area contributed by atoms with Crippen LogP contribution in [0.25, 0.3) is 10.9 Å². The molecule has 0 bridgehead atoms. The minimum absolute atomic E-state index is 0.734. The van der Waals surface area contributed by atoms with Crippen molar-refractivity contribution in [3.8, 4) is 0 Å². The molecule has 0 aliphatic carbocycles. The van der Waals surface area contributed by atoms with Crippen molar-refractivity contribution in [1.29, 1.82) is 0 Å². The van der Waals surface area contributed by atoms with Gasteiger partial charge in [0.05, 0.1) is 13.2 Å². The molecule has 0 saturated carbocycles. The number of hydrogen-bond acceptors (Lipinski definition) is 1. The Balaban J connectivity index is 2.38. The maximum absolute atomic E-state index is 5.48. The van der Waals surface area contributed by atoms with Gasteiger partial charge in [-0.15, -0.1) is 0 Å². The van der Waals surface area contributed by atoms with Crippen LogP contribution in [0, 0.1) is 0 Å². The first kappa shape index (κ1) is 8.50. The fourth-order valence-corrected chi connectivity index (χ4v) is 2.65. The van der Waals surface area contributed by atoms with Crippen LogP contribution < -0.4 is 0 Å². The molecule has 2 aromatic rings. The maximum atomic E-state index is 5.48. The largest absolute Gasteiger partial charge is 0.376 e. The number of fused-ring (bicyclic) bond motifs is 3. The number of hydrogen-bond donors (Lipinski definition) is 1. The summed E-state index contributed by atoms with van der Waals surface area (Å²) in [7, 11) is 0. The lowest BCUT2D eigenvalue weighted by Gasteiger charge is -2.12. The maximum Gasteiger partial charge on any atom is 0.0741 e. The lowest BCUT2D eigenvalue weighted by atomic mass is 10.1. The number of ether oxygens (including phenoxy) is 1. The zero-order chi connectivity index (χ0) is 9.54. The molecule has 3 heteroatoms. The van der Waals surface area contributed by atoms with Gasteiger partial charge in [0.1, 0.15) is 0 Å². The van der Waals surface area contributed by atoms with Crippen LogP contribution in [-0.4, -0.2) is 11.6 Å². The third kappa shape index (κ3) is 1.12. The quantitative estimate of drug-likeness (QED) is 0.766. The molecule has 0 saturated heterocycles. The Morgan fingerprint density at radius 1 is 1.36 bits per heavy atom. The molecule has 1 aliphatic heterocycles. The fourth-order valence-electron chi connectivity index (χ4n) is 2.05. The van der Waals surface area contributed by atoms with E-state index in [2.05, 4.69) is 39.1 Å². The summed E-state index contributed by atoms with van der Waals surface area (Å²) < 4.78 is 6.63. The van der Waals surface area contributed by atoms with E-state index in [1.807, 2.05) is 0 Å². The van der Waals surface area contributed by atoms with Crippen LogP contribution >= 0.6 is 15.9 Å². The topological polar surface area (TPSA) is 25.0 Å². The van der Waals surface area contributed by atoms with Crippen molar-refractivity contribution in [3.05, 3.63) is 33.9 Å². The summed E-state index contributed by atoms with van der Waals surface area (Å²) in [5.41, 5.74) is 3.85. The van der Waals surface area contributed by atoms with Gasteiger partial charge in [-0.3, -0.25) is 0 Å². The van der Waals surface area contributed by atoms with Crippen LogP contribution in [0.15, 0.2) is 22.7 Å². The van der Waals surface area contributed by atoms with Crippen molar-refractivity contribution in [2.45, 2.75) is 13.0 Å². The lowest BCUT2D eigenvalue weighted by molar-refractivity contribution is 0.111. The van der Waals surface area contributed by atoms with Gasteiger partial charge >= 0.3 is 0 Å². The zero-order valence-corrected chi connectivity index (χ0v) is 9.23. The van der Waals surface area contributed by atoms with Crippen LogP contribution in [-0.2, 0) is 17.8 Å². The SMILES string of the molecule is Brc1cccc2[nH]c3c(c12)COCC3. The molecule has 0 radical (unpaired) electrons. The fraction of sp³-hybridized carbons (Fsp3) is 0.273. The average Bonchev–Trinajstić information content (AvgIpc) is 2.57. The lowest BCUT2D eigenvalue weighted by Crippen LogP contribution is -2.08. The highest BCUT2D eigenvalue weighted by molar-refractivity contribution is 9.10. The van der Waals surface area contributed by atoms with Gasteiger partial charge in [-0.2, -0.15) is 0 Å². The first-order valence-electron chi connectivity index (χ1n) is 4.72. The van der Waals surface area contributed by atoms with E-state index >= 15 is 0 Å². The Bertz CT molecular complexity index is 489. The van der Waals surface area contributed by atoms with E-state index in [0.717, 1.165) is 24.1 Å². The van der Waals surface area contributed by atoms with Gasteiger partial charge in [-0.25, -0.2) is 0 Å². The second-order valence-corrected chi connectivity index (χ2v) is 4.40. The van der Waals surface area contributed by atoms with Gasteiger partial charge in [0.25, 0.3) is 0 Å². The number of nitrogens with one attached hydrogen (secondary N) is 1. The summed E-state index contributed by atoms with van der Waals surface area (Å²) in [6.07, 6.45) is 0.996. The van der Waals surface area contributed by atoms with Gasteiger partial charge in [-0.05, 0) is 12.1 Å². The molecule has 2 nitrogen and oxygen atoms in total. The first-order chi connectivity index (χ1) is 6.86. The normalized spacial score (nSPS) is 15.8. The molecule has 1 N–H and O–H groups in total. The Morgan fingerprint density at radius 2 is 2.29 bits per heavy atom. The Kier molecular flexibility index (Phi) is 1.89. The monoisotopic (exact) mass is 251 g/mol. The minimum atomic E-state index is 0.734. The van der Waals surface area contributed by atoms with Crippen LogP contribution in [0.1, 0.15) is 11.3 Å². The number of H-pyrrole nitrogens is 1. The predicted octanol–water partition coefficient (Wildman–Crippen LogP) is 3.00. The third-order valence-electron chi connectivity index (χ3n) is 2.71. The van der Waals surface area contributed by atoms with Crippen LogP contribution in [0.2, 0.25) is 0 Å². The molecular weight excluding hydrogens is 242 g/mol. The molecule has 1 aromatic carbocycles. The van der Waals surface area contributed by atoms with Crippen molar-refractivity contribution in [3.63, 3.8) is 0 Å². The number of halogens is 1. The van der Waals surface area contributed by atoms with Gasteiger partial charge in [0.15, 0.2) is 0 Å². The van der Waals surface area contributed by atoms with E-state index in [1.54, 1.807) is 0 Å². The molecule has 0 atom stereocenters. The Morgan fingerprint density at radius 3 is 3.21 bits per heavy atom. The standard InChI is InChI=1S/C11H10BrNO/c12-8-2-1-3-10-11(8)7-6-14-5-4-9(7)13-10/h1-3,13H,4-6H2. The second kappa shape index (κ2) is 3.11. The van der Waals surface area contributed by atoms with Crippen LogP contribution in [0.4, 0.5) is 0 Å². The van der Waals surface area contributed by atoms with E-state index in [9.17, 15) is 0 Å². The van der Waals surface area contributed by atoms with Crippen LogP contribution in [0.3, 0.4) is 0 Å². The molecule has 0 spiro atoms. The minimum Gasteiger partial charge on any atom is -0.376 e. The van der Waals surface area contributed by atoms with Gasteiger partial charge in [0, 0.05) is 33.1 Å². The average molecular weight is 252 g/mol. The van der Waals surface area contributed by atoms with Crippen molar-refractivity contribution >= 4 is 26.8 Å². The highest BCUT2D eigenvalue weighted by Gasteiger charge is 2.16. The van der Waals surface area contributed by atoms with Crippen molar-refractivity contribution < 1.29 is 4.74 Å². The molecule has 0 fully saturated rings. The van der Waals surface area contributed by atoms with E-state index in [1.165, 1.54) is 22.2 Å². The van der Waals surface area contributed by atoms with E-state index in [4.69, 9.17) is 4.74 Å². The van der Waals surface area contributed by atoms with Crippen molar-refractivity contribution in [2.24, 2.45) is 0 Å². The van der Waals surface area contributed by atoms with E-state index in [0.29, 0.717) is 0 Å². The highest BCUT2D eigenvalue weighted by Crippen LogP contribution is 2.31. The molecule has 0 amide bonds. The summed E-state index contributed by atoms with van der Waals surface area (Å²) >= 11 is 3.58.